The summed E-state index contributed by atoms with van der Waals surface area (Å²) in [6, 6.07) is 17.6. The van der Waals surface area contributed by atoms with E-state index in [1.54, 1.807) is 68.4 Å². The Morgan fingerprint density at radius 2 is 1.28 bits per heavy atom. The van der Waals surface area contributed by atoms with Crippen molar-refractivity contribution in [3.63, 3.8) is 0 Å². The second-order valence-electron chi connectivity index (χ2n) is 12.0. The summed E-state index contributed by atoms with van der Waals surface area (Å²) in [5, 5.41) is 0. The van der Waals surface area contributed by atoms with Gasteiger partial charge in [-0.2, -0.15) is 0 Å². The van der Waals surface area contributed by atoms with Gasteiger partial charge in [-0.3, -0.25) is 18.7 Å². The van der Waals surface area contributed by atoms with Gasteiger partial charge in [0.05, 0.1) is 23.6 Å². The smallest absolute Gasteiger partial charge is 0.329 e. The van der Waals surface area contributed by atoms with Gasteiger partial charge < -0.3 is 15.5 Å². The summed E-state index contributed by atoms with van der Waals surface area (Å²) in [4.78, 5) is 44.5. The van der Waals surface area contributed by atoms with Gasteiger partial charge in [0.1, 0.15) is 0 Å². The van der Waals surface area contributed by atoms with Crippen molar-refractivity contribution in [2.75, 3.05) is 29.4 Å². The van der Waals surface area contributed by atoms with Crippen molar-refractivity contribution in [2.24, 2.45) is 5.73 Å². The van der Waals surface area contributed by atoms with Gasteiger partial charge in [-0.1, -0.05) is 18.2 Å². The van der Waals surface area contributed by atoms with Crippen LogP contribution >= 0.6 is 0 Å². The first-order valence-corrected chi connectivity index (χ1v) is 16.0. The van der Waals surface area contributed by atoms with Gasteiger partial charge in [-0.15, -0.1) is 0 Å². The molecule has 0 saturated carbocycles. The Morgan fingerprint density at radius 1 is 0.760 bits per heavy atom. The molecule has 1 heterocycles. The van der Waals surface area contributed by atoms with Crippen molar-refractivity contribution in [1.82, 2.24) is 9.13 Å². The average Bonchev–Trinajstić information content (AvgIpc) is 3.36. The molecule has 5 rings (SSSR count). The third-order valence-corrected chi connectivity index (χ3v) is 8.95. The minimum absolute atomic E-state index is 0.112. The maximum absolute atomic E-state index is 14.9. The number of halogens is 5. The summed E-state index contributed by atoms with van der Waals surface area (Å²) in [7, 11) is 0. The van der Waals surface area contributed by atoms with Gasteiger partial charge in [0.15, 0.2) is 23.3 Å². The molecule has 0 aliphatic carbocycles. The van der Waals surface area contributed by atoms with Crippen LogP contribution in [0.1, 0.15) is 53.4 Å². The molecule has 262 valence electrons. The van der Waals surface area contributed by atoms with Crippen LogP contribution in [0, 0.1) is 42.9 Å². The molecular weight excluding hydrogens is 657 g/mol. The minimum Gasteiger partial charge on any atom is -0.372 e. The number of primary amides is 1. The van der Waals surface area contributed by atoms with Gasteiger partial charge >= 0.3 is 5.69 Å². The van der Waals surface area contributed by atoms with Crippen molar-refractivity contribution in [3.05, 3.63) is 129 Å². The molecule has 0 spiro atoms. The van der Waals surface area contributed by atoms with Gasteiger partial charge in [-0.05, 0) is 87.4 Å². The van der Waals surface area contributed by atoms with Crippen molar-refractivity contribution in [3.8, 4) is 0 Å². The third-order valence-electron chi connectivity index (χ3n) is 8.95. The number of rotatable bonds is 12. The minimum atomic E-state index is -2.32. The van der Waals surface area contributed by atoms with Crippen LogP contribution in [-0.2, 0) is 11.3 Å². The number of anilines is 2. The van der Waals surface area contributed by atoms with Crippen molar-refractivity contribution >= 4 is 34.2 Å². The Kier molecular flexibility index (Phi) is 10.4. The van der Waals surface area contributed by atoms with Crippen LogP contribution in [0.3, 0.4) is 0 Å². The molecule has 0 fully saturated rings. The van der Waals surface area contributed by atoms with E-state index >= 15 is 0 Å². The van der Waals surface area contributed by atoms with Gasteiger partial charge in [0.2, 0.25) is 11.7 Å². The Hall–Kier alpha value is -5.46. The van der Waals surface area contributed by atoms with E-state index in [0.29, 0.717) is 22.4 Å². The van der Waals surface area contributed by atoms with Crippen LogP contribution in [-0.4, -0.2) is 40.6 Å². The van der Waals surface area contributed by atoms with E-state index in [2.05, 4.69) is 4.90 Å². The molecule has 1 atom stereocenters. The molecule has 1 unspecified atom stereocenters. The monoisotopic (exact) mass is 693 g/mol. The SMILES string of the molecule is CCN(CC)c1ccc(N(CC(CC(N)=O)n2c(=O)n(Cc3c(F)c(F)c(F)c(F)c3F)c3cc(C)c(C)cc32)C(=O)c2ccccc2)cc1. The number of benzene rings is 4. The predicted molar refractivity (Wildman–Crippen MR) is 182 cm³/mol. The van der Waals surface area contributed by atoms with Crippen LogP contribution in [0.15, 0.2) is 71.5 Å². The number of hydrogen-bond donors (Lipinski definition) is 1. The van der Waals surface area contributed by atoms with Crippen LogP contribution in [0.25, 0.3) is 11.0 Å². The van der Waals surface area contributed by atoms with E-state index in [4.69, 9.17) is 5.73 Å². The largest absolute Gasteiger partial charge is 0.372 e. The Balaban J connectivity index is 1.70. The molecule has 4 aromatic carbocycles. The zero-order valence-electron chi connectivity index (χ0n) is 27.9. The topological polar surface area (TPSA) is 93.6 Å². The Bertz CT molecular complexity index is 2100. The van der Waals surface area contributed by atoms with E-state index in [-0.39, 0.29) is 17.6 Å². The summed E-state index contributed by atoms with van der Waals surface area (Å²) >= 11 is 0. The molecule has 13 heteroatoms. The Morgan fingerprint density at radius 3 is 1.82 bits per heavy atom. The Labute approximate surface area is 285 Å². The molecule has 0 aliphatic heterocycles. The highest BCUT2D eigenvalue weighted by Crippen LogP contribution is 2.30. The van der Waals surface area contributed by atoms with E-state index in [1.807, 2.05) is 26.0 Å². The molecule has 2 amide bonds. The number of imidazole rings is 1. The molecule has 5 aromatic rings. The number of fused-ring (bicyclic) bond motifs is 1. The number of amides is 2. The molecule has 0 bridgehead atoms. The highest BCUT2D eigenvalue weighted by molar-refractivity contribution is 6.06. The van der Waals surface area contributed by atoms with Crippen LogP contribution in [0.2, 0.25) is 0 Å². The number of nitrogens with two attached hydrogens (primary N) is 1. The number of carbonyl (C=O) groups excluding carboxylic acids is 2. The lowest BCUT2D eigenvalue weighted by molar-refractivity contribution is -0.118. The maximum Gasteiger partial charge on any atom is 0.329 e. The van der Waals surface area contributed by atoms with E-state index in [9.17, 15) is 36.3 Å². The molecule has 50 heavy (non-hydrogen) atoms. The summed E-state index contributed by atoms with van der Waals surface area (Å²) in [5.41, 5.74) is 6.96. The summed E-state index contributed by atoms with van der Waals surface area (Å²) in [6.07, 6.45) is -0.440. The number of carbonyl (C=O) groups is 2. The van der Waals surface area contributed by atoms with Crippen LogP contribution in [0.5, 0.6) is 0 Å². The van der Waals surface area contributed by atoms with Crippen molar-refractivity contribution in [1.29, 1.82) is 0 Å². The standard InChI is InChI=1S/C37H36F5N5O3/c1-5-44(6-2)24-12-14-25(15-13-24)45(36(49)23-10-8-7-9-11-23)19-26(18-30(43)48)47-29-17-22(4)21(3)16-28(29)46(37(47)50)20-27-31(38)33(40)35(42)34(41)32(27)39/h7-17,26H,5-6,18-20H2,1-4H3,(H2,43,48). The zero-order chi connectivity index (χ0) is 36.4. The lowest BCUT2D eigenvalue weighted by atomic mass is 10.1. The summed E-state index contributed by atoms with van der Waals surface area (Å²) < 4.78 is 74.1. The van der Waals surface area contributed by atoms with Crippen molar-refractivity contribution in [2.45, 2.75) is 46.7 Å². The fourth-order valence-electron chi connectivity index (χ4n) is 6.14. The highest BCUT2D eigenvalue weighted by atomic mass is 19.2. The molecule has 2 N–H and O–H groups in total. The van der Waals surface area contributed by atoms with Crippen LogP contribution < -0.4 is 21.2 Å². The fraction of sp³-hybridized carbons (Fsp3) is 0.270. The fourth-order valence-corrected chi connectivity index (χ4v) is 6.14. The first-order valence-electron chi connectivity index (χ1n) is 16.0. The lowest BCUT2D eigenvalue weighted by Crippen LogP contribution is -2.40. The van der Waals surface area contributed by atoms with E-state index < -0.39 is 71.2 Å². The first-order chi connectivity index (χ1) is 23.8. The summed E-state index contributed by atoms with van der Waals surface area (Å²) in [5.74, 6) is -12.0. The van der Waals surface area contributed by atoms with E-state index in [0.717, 1.165) is 23.3 Å². The molecule has 1 aromatic heterocycles. The third kappa shape index (κ3) is 6.72. The molecular formula is C37H36F5N5O3. The zero-order valence-corrected chi connectivity index (χ0v) is 27.9. The van der Waals surface area contributed by atoms with Gasteiger partial charge in [0.25, 0.3) is 5.91 Å². The number of aromatic nitrogens is 2. The number of aryl methyl sites for hydroxylation is 2. The second kappa shape index (κ2) is 14.6. The average molecular weight is 694 g/mol. The molecule has 0 saturated heterocycles. The van der Waals surface area contributed by atoms with Crippen molar-refractivity contribution < 1.29 is 31.5 Å². The number of hydrogen-bond acceptors (Lipinski definition) is 4. The molecule has 8 nitrogen and oxygen atoms in total. The van der Waals surface area contributed by atoms with E-state index in [1.165, 1.54) is 9.47 Å². The van der Waals surface area contributed by atoms with Crippen LogP contribution in [0.4, 0.5) is 33.3 Å². The van der Waals surface area contributed by atoms with Gasteiger partial charge in [0, 0.05) is 48.6 Å². The normalized spacial score (nSPS) is 11.9. The maximum atomic E-state index is 14.9. The number of nitrogens with zero attached hydrogens (tertiary/aromatic N) is 4. The first kappa shape index (κ1) is 35.8. The molecule has 0 radical (unpaired) electrons. The highest BCUT2D eigenvalue weighted by Gasteiger charge is 2.31. The predicted octanol–water partition coefficient (Wildman–Crippen LogP) is 6.77. The lowest BCUT2D eigenvalue weighted by Gasteiger charge is -2.29. The molecule has 0 aliphatic rings. The quantitative estimate of drug-likeness (QED) is 0.0887. The second-order valence-corrected chi connectivity index (χ2v) is 12.0. The van der Waals surface area contributed by atoms with Gasteiger partial charge in [-0.25, -0.2) is 26.7 Å². The summed E-state index contributed by atoms with van der Waals surface area (Å²) in [6.45, 7) is 7.75.